The highest BCUT2D eigenvalue weighted by Gasteiger charge is 2.18. The number of esters is 1. The van der Waals surface area contributed by atoms with Crippen molar-refractivity contribution in [3.05, 3.63) is 50.4 Å². The topological polar surface area (TPSA) is 84.9 Å². The molecule has 0 spiro atoms. The summed E-state index contributed by atoms with van der Waals surface area (Å²) >= 11 is 6.74. The zero-order valence-corrected chi connectivity index (χ0v) is 16.6. The molecule has 0 radical (unpaired) electrons. The molecule has 8 heteroatoms. The SMILES string of the molecule is COc1cccc(C(=O)OCC(=O)Nc2c(Br)cc(C)cc2Br)c1O. The molecule has 0 atom stereocenters. The molecule has 0 aromatic heterocycles. The fraction of sp³-hybridized carbons (Fsp3) is 0.176. The van der Waals surface area contributed by atoms with Crippen LogP contribution in [0.25, 0.3) is 0 Å². The number of carbonyl (C=O) groups excluding carboxylic acids is 2. The van der Waals surface area contributed by atoms with E-state index in [1.54, 1.807) is 0 Å². The number of rotatable bonds is 5. The zero-order chi connectivity index (χ0) is 18.6. The Labute approximate surface area is 161 Å². The first-order valence-corrected chi connectivity index (χ1v) is 8.70. The molecule has 6 nitrogen and oxygen atoms in total. The molecule has 0 unspecified atom stereocenters. The van der Waals surface area contributed by atoms with Crippen molar-refractivity contribution in [2.45, 2.75) is 6.92 Å². The third-order valence-corrected chi connectivity index (χ3v) is 4.47. The molecule has 2 aromatic rings. The highest BCUT2D eigenvalue weighted by molar-refractivity contribution is 9.11. The second kappa shape index (κ2) is 8.35. The Morgan fingerprint density at radius 2 is 1.84 bits per heavy atom. The van der Waals surface area contributed by atoms with Crippen LogP contribution in [0.1, 0.15) is 15.9 Å². The van der Waals surface area contributed by atoms with Gasteiger partial charge in [0.25, 0.3) is 5.91 Å². The Hall–Kier alpha value is -2.06. The third kappa shape index (κ3) is 4.73. The number of carbonyl (C=O) groups is 2. The highest BCUT2D eigenvalue weighted by atomic mass is 79.9. The molecule has 0 bridgehead atoms. The molecule has 0 aliphatic heterocycles. The first-order valence-electron chi connectivity index (χ1n) is 7.12. The van der Waals surface area contributed by atoms with E-state index in [1.165, 1.54) is 25.3 Å². The van der Waals surface area contributed by atoms with Crippen molar-refractivity contribution >= 4 is 49.4 Å². The lowest BCUT2D eigenvalue weighted by atomic mass is 10.2. The second-order valence-electron chi connectivity index (χ2n) is 5.08. The Kier molecular flexibility index (Phi) is 6.44. The number of hydrogen-bond donors (Lipinski definition) is 2. The average molecular weight is 473 g/mol. The minimum absolute atomic E-state index is 0.0788. The van der Waals surface area contributed by atoms with Crippen molar-refractivity contribution in [1.29, 1.82) is 0 Å². The summed E-state index contributed by atoms with van der Waals surface area (Å²) in [5.74, 6) is -1.53. The standard InChI is InChI=1S/C17H15Br2NO5/c1-9-6-11(18)15(12(19)7-9)20-14(21)8-25-17(23)10-4-3-5-13(24-2)16(10)22/h3-7,22H,8H2,1-2H3,(H,20,21). The largest absolute Gasteiger partial charge is 0.504 e. The van der Waals surface area contributed by atoms with Crippen LogP contribution in [0.5, 0.6) is 11.5 Å². The summed E-state index contributed by atoms with van der Waals surface area (Å²) < 4.78 is 11.3. The average Bonchev–Trinajstić information content (AvgIpc) is 2.56. The van der Waals surface area contributed by atoms with E-state index in [9.17, 15) is 14.7 Å². The molecule has 0 saturated carbocycles. The summed E-state index contributed by atoms with van der Waals surface area (Å²) in [6, 6.07) is 8.12. The van der Waals surface area contributed by atoms with Gasteiger partial charge in [-0.25, -0.2) is 4.79 Å². The number of benzene rings is 2. The lowest BCUT2D eigenvalue weighted by molar-refractivity contribution is -0.119. The number of methoxy groups -OCH3 is 1. The van der Waals surface area contributed by atoms with Crippen molar-refractivity contribution in [2.75, 3.05) is 19.0 Å². The van der Waals surface area contributed by atoms with Gasteiger partial charge in [-0.15, -0.1) is 0 Å². The third-order valence-electron chi connectivity index (χ3n) is 3.22. The molecular weight excluding hydrogens is 458 g/mol. The van der Waals surface area contributed by atoms with Gasteiger partial charge in [0.05, 0.1) is 12.8 Å². The maximum Gasteiger partial charge on any atom is 0.342 e. The van der Waals surface area contributed by atoms with Crippen LogP contribution in [0, 0.1) is 6.92 Å². The minimum atomic E-state index is -0.825. The fourth-order valence-electron chi connectivity index (χ4n) is 2.06. The molecule has 0 heterocycles. The number of halogens is 2. The Bertz CT molecular complexity index is 800. The Balaban J connectivity index is 2.02. The normalized spacial score (nSPS) is 10.2. The maximum atomic E-state index is 12.0. The summed E-state index contributed by atoms with van der Waals surface area (Å²) in [7, 11) is 1.37. The lowest BCUT2D eigenvalue weighted by Crippen LogP contribution is -2.21. The first-order chi connectivity index (χ1) is 11.8. The monoisotopic (exact) mass is 471 g/mol. The summed E-state index contributed by atoms with van der Waals surface area (Å²) in [5.41, 5.74) is 1.47. The summed E-state index contributed by atoms with van der Waals surface area (Å²) in [6.07, 6.45) is 0. The number of para-hydroxylation sites is 1. The quantitative estimate of drug-likeness (QED) is 0.641. The Morgan fingerprint density at radius 1 is 1.20 bits per heavy atom. The molecule has 2 aromatic carbocycles. The summed E-state index contributed by atoms with van der Waals surface area (Å²) in [5, 5.41) is 12.6. The number of amides is 1. The van der Waals surface area contributed by atoms with Crippen LogP contribution in [-0.2, 0) is 9.53 Å². The summed E-state index contributed by atoms with van der Waals surface area (Å²) in [6.45, 7) is 1.42. The number of phenols is 1. The van der Waals surface area contributed by atoms with Crippen LogP contribution in [0.15, 0.2) is 39.3 Å². The van der Waals surface area contributed by atoms with Gasteiger partial charge in [-0.1, -0.05) is 6.07 Å². The van der Waals surface area contributed by atoms with Crippen LogP contribution in [0.3, 0.4) is 0 Å². The molecule has 0 fully saturated rings. The predicted molar refractivity (Wildman–Crippen MR) is 100 cm³/mol. The van der Waals surface area contributed by atoms with Crippen molar-refractivity contribution in [3.63, 3.8) is 0 Å². The van der Waals surface area contributed by atoms with Gasteiger partial charge in [-0.3, -0.25) is 4.79 Å². The Morgan fingerprint density at radius 3 is 2.44 bits per heavy atom. The van der Waals surface area contributed by atoms with E-state index >= 15 is 0 Å². The van der Waals surface area contributed by atoms with Crippen molar-refractivity contribution in [1.82, 2.24) is 0 Å². The second-order valence-corrected chi connectivity index (χ2v) is 6.79. The van der Waals surface area contributed by atoms with E-state index in [2.05, 4.69) is 37.2 Å². The number of aromatic hydroxyl groups is 1. The zero-order valence-electron chi connectivity index (χ0n) is 13.4. The van der Waals surface area contributed by atoms with Gasteiger partial charge in [0.2, 0.25) is 0 Å². The molecule has 0 aliphatic rings. The van der Waals surface area contributed by atoms with E-state index < -0.39 is 18.5 Å². The molecule has 2 rings (SSSR count). The van der Waals surface area contributed by atoms with Crippen molar-refractivity contribution < 1.29 is 24.2 Å². The smallest absolute Gasteiger partial charge is 0.342 e. The number of phenolic OH excluding ortho intramolecular Hbond substituents is 1. The summed E-state index contributed by atoms with van der Waals surface area (Å²) in [4.78, 5) is 24.1. The molecule has 1 amide bonds. The van der Waals surface area contributed by atoms with E-state index in [-0.39, 0.29) is 17.1 Å². The van der Waals surface area contributed by atoms with Crippen molar-refractivity contribution in [2.24, 2.45) is 0 Å². The number of ether oxygens (including phenoxy) is 2. The van der Waals surface area contributed by atoms with E-state index in [0.29, 0.717) is 14.6 Å². The highest BCUT2D eigenvalue weighted by Crippen LogP contribution is 2.32. The van der Waals surface area contributed by atoms with E-state index in [4.69, 9.17) is 9.47 Å². The van der Waals surface area contributed by atoms with Crippen molar-refractivity contribution in [3.8, 4) is 11.5 Å². The van der Waals surface area contributed by atoms with Gasteiger partial charge < -0.3 is 19.9 Å². The van der Waals surface area contributed by atoms with Gasteiger partial charge >= 0.3 is 5.97 Å². The molecule has 0 aliphatic carbocycles. The predicted octanol–water partition coefficient (Wildman–Crippen LogP) is 4.03. The number of hydrogen-bond acceptors (Lipinski definition) is 5. The van der Waals surface area contributed by atoms with Crippen LogP contribution >= 0.6 is 31.9 Å². The number of aryl methyl sites for hydroxylation is 1. The lowest BCUT2D eigenvalue weighted by Gasteiger charge is -2.12. The number of nitrogens with one attached hydrogen (secondary N) is 1. The van der Waals surface area contributed by atoms with E-state index in [1.807, 2.05) is 19.1 Å². The van der Waals surface area contributed by atoms with Gasteiger partial charge in [0, 0.05) is 8.95 Å². The van der Waals surface area contributed by atoms with Gasteiger partial charge in [0.15, 0.2) is 18.1 Å². The van der Waals surface area contributed by atoms with Gasteiger partial charge in [-0.2, -0.15) is 0 Å². The van der Waals surface area contributed by atoms with Crippen LogP contribution in [0.4, 0.5) is 5.69 Å². The van der Waals surface area contributed by atoms with Gasteiger partial charge in [0.1, 0.15) is 5.56 Å². The van der Waals surface area contributed by atoms with Crippen LogP contribution < -0.4 is 10.1 Å². The molecule has 132 valence electrons. The molecule has 25 heavy (non-hydrogen) atoms. The molecular formula is C17H15Br2NO5. The maximum absolute atomic E-state index is 12.0. The molecule has 0 saturated heterocycles. The molecule has 2 N–H and O–H groups in total. The van der Waals surface area contributed by atoms with Crippen LogP contribution in [-0.4, -0.2) is 30.7 Å². The van der Waals surface area contributed by atoms with Crippen LogP contribution in [0.2, 0.25) is 0 Å². The minimum Gasteiger partial charge on any atom is -0.504 e. The number of anilines is 1. The fourth-order valence-corrected chi connectivity index (χ4v) is 3.67. The van der Waals surface area contributed by atoms with E-state index in [0.717, 1.165) is 5.56 Å². The van der Waals surface area contributed by atoms with Gasteiger partial charge in [-0.05, 0) is 68.6 Å². The first kappa shape index (κ1) is 19.3.